The zero-order valence-corrected chi connectivity index (χ0v) is 14.1. The Morgan fingerprint density at radius 3 is 2.45 bits per heavy atom. The zero-order chi connectivity index (χ0) is 16.1. The molecule has 0 heterocycles. The number of rotatable bonds is 5. The van der Waals surface area contributed by atoms with E-state index in [0.29, 0.717) is 28.7 Å². The van der Waals surface area contributed by atoms with E-state index in [1.54, 1.807) is 18.2 Å². The zero-order valence-electron chi connectivity index (χ0n) is 12.5. The first kappa shape index (κ1) is 16.7. The molecule has 1 amide bonds. The molecular formula is C17H18Cl2N2O. The number of aryl methyl sites for hydroxylation is 2. The Morgan fingerprint density at radius 2 is 1.77 bits per heavy atom. The van der Waals surface area contributed by atoms with E-state index in [2.05, 4.69) is 28.8 Å². The lowest BCUT2D eigenvalue weighted by Crippen LogP contribution is -2.16. The van der Waals surface area contributed by atoms with Crippen molar-refractivity contribution in [2.45, 2.75) is 20.3 Å². The van der Waals surface area contributed by atoms with Gasteiger partial charge in [-0.3, -0.25) is 4.79 Å². The summed E-state index contributed by atoms with van der Waals surface area (Å²) in [6.45, 7) is 4.64. The van der Waals surface area contributed by atoms with Crippen LogP contribution in [0.3, 0.4) is 0 Å². The highest BCUT2D eigenvalue weighted by atomic mass is 35.5. The molecule has 0 unspecified atom stereocenters. The highest BCUT2D eigenvalue weighted by Crippen LogP contribution is 2.29. The molecule has 22 heavy (non-hydrogen) atoms. The van der Waals surface area contributed by atoms with E-state index in [1.807, 2.05) is 13.8 Å². The van der Waals surface area contributed by atoms with Crippen LogP contribution in [-0.2, 0) is 4.79 Å². The Balaban J connectivity index is 1.86. The van der Waals surface area contributed by atoms with Gasteiger partial charge >= 0.3 is 0 Å². The van der Waals surface area contributed by atoms with Gasteiger partial charge in [-0.15, -0.1) is 0 Å². The summed E-state index contributed by atoms with van der Waals surface area (Å²) >= 11 is 12.0. The molecule has 0 radical (unpaired) electrons. The average Bonchev–Trinajstić information content (AvgIpc) is 2.43. The van der Waals surface area contributed by atoms with Crippen molar-refractivity contribution in [2.24, 2.45) is 0 Å². The lowest BCUT2D eigenvalue weighted by molar-refractivity contribution is -0.115. The van der Waals surface area contributed by atoms with Crippen LogP contribution >= 0.6 is 23.2 Å². The maximum atomic E-state index is 11.9. The van der Waals surface area contributed by atoms with Gasteiger partial charge in [0.25, 0.3) is 0 Å². The molecule has 0 aliphatic carbocycles. The summed E-state index contributed by atoms with van der Waals surface area (Å²) in [7, 11) is 0. The van der Waals surface area contributed by atoms with Gasteiger partial charge in [-0.2, -0.15) is 0 Å². The summed E-state index contributed by atoms with van der Waals surface area (Å²) in [5.41, 5.74) is 3.94. The molecular weight excluding hydrogens is 319 g/mol. The van der Waals surface area contributed by atoms with Crippen LogP contribution in [0, 0.1) is 13.8 Å². The molecule has 0 atom stereocenters. The Morgan fingerprint density at radius 1 is 1.09 bits per heavy atom. The number of hydrogen-bond acceptors (Lipinski definition) is 2. The predicted molar refractivity (Wildman–Crippen MR) is 94.1 cm³/mol. The van der Waals surface area contributed by atoms with Gasteiger partial charge in [-0.25, -0.2) is 0 Å². The molecule has 0 aromatic heterocycles. The molecule has 0 fully saturated rings. The molecule has 116 valence electrons. The van der Waals surface area contributed by atoms with Crippen molar-refractivity contribution in [2.75, 3.05) is 17.2 Å². The van der Waals surface area contributed by atoms with Gasteiger partial charge in [0.05, 0.1) is 15.7 Å². The molecule has 5 heteroatoms. The molecule has 0 saturated heterocycles. The molecule has 2 aromatic carbocycles. The average molecular weight is 337 g/mol. The second kappa shape index (κ2) is 7.52. The fourth-order valence-electron chi connectivity index (χ4n) is 2.21. The first-order valence-electron chi connectivity index (χ1n) is 7.02. The molecule has 2 aromatic rings. The largest absolute Gasteiger partial charge is 0.385 e. The summed E-state index contributed by atoms with van der Waals surface area (Å²) in [5, 5.41) is 6.80. The summed E-state index contributed by atoms with van der Waals surface area (Å²) in [4.78, 5) is 11.9. The third-order valence-corrected chi connectivity index (χ3v) is 3.95. The van der Waals surface area contributed by atoms with Crippen molar-refractivity contribution < 1.29 is 4.79 Å². The van der Waals surface area contributed by atoms with Crippen LogP contribution in [0.5, 0.6) is 0 Å². The quantitative estimate of drug-likeness (QED) is 0.801. The lowest BCUT2D eigenvalue weighted by atomic mass is 10.1. The number of carbonyl (C=O) groups is 1. The van der Waals surface area contributed by atoms with E-state index in [1.165, 1.54) is 11.1 Å². The SMILES string of the molecule is Cc1cc(C)cc(NCCC(=O)Nc2cccc(Cl)c2Cl)c1. The van der Waals surface area contributed by atoms with Gasteiger partial charge in [0.2, 0.25) is 5.91 Å². The number of anilines is 2. The van der Waals surface area contributed by atoms with E-state index in [0.717, 1.165) is 5.69 Å². The van der Waals surface area contributed by atoms with E-state index in [-0.39, 0.29) is 5.91 Å². The highest BCUT2D eigenvalue weighted by Gasteiger charge is 2.08. The van der Waals surface area contributed by atoms with Crippen LogP contribution in [0.2, 0.25) is 10.0 Å². The summed E-state index contributed by atoms with van der Waals surface area (Å²) < 4.78 is 0. The Kier molecular flexibility index (Phi) is 5.69. The Bertz CT molecular complexity index is 666. The lowest BCUT2D eigenvalue weighted by Gasteiger charge is -2.10. The number of benzene rings is 2. The summed E-state index contributed by atoms with van der Waals surface area (Å²) in [6.07, 6.45) is 0.343. The van der Waals surface area contributed by atoms with Crippen molar-refractivity contribution in [3.8, 4) is 0 Å². The van der Waals surface area contributed by atoms with Crippen LogP contribution in [-0.4, -0.2) is 12.5 Å². The molecule has 0 saturated carbocycles. The molecule has 0 aliphatic rings. The number of nitrogens with one attached hydrogen (secondary N) is 2. The van der Waals surface area contributed by atoms with Crippen molar-refractivity contribution in [3.63, 3.8) is 0 Å². The van der Waals surface area contributed by atoms with Gasteiger partial charge < -0.3 is 10.6 Å². The van der Waals surface area contributed by atoms with Crippen molar-refractivity contribution in [1.29, 1.82) is 0 Å². The first-order chi connectivity index (χ1) is 10.5. The third-order valence-electron chi connectivity index (χ3n) is 3.13. The molecule has 0 bridgehead atoms. The van der Waals surface area contributed by atoms with Crippen molar-refractivity contribution in [1.82, 2.24) is 0 Å². The standard InChI is InChI=1S/C17H18Cl2N2O/c1-11-8-12(2)10-13(9-11)20-7-6-16(22)21-15-5-3-4-14(18)17(15)19/h3-5,8-10,20H,6-7H2,1-2H3,(H,21,22). The molecule has 0 spiro atoms. The predicted octanol–water partition coefficient (Wildman–Crippen LogP) is 5.05. The molecule has 2 rings (SSSR count). The fourth-order valence-corrected chi connectivity index (χ4v) is 2.56. The van der Waals surface area contributed by atoms with Gasteiger partial charge in [0, 0.05) is 18.7 Å². The number of amides is 1. The Labute approximate surface area is 140 Å². The van der Waals surface area contributed by atoms with Crippen LogP contribution in [0.1, 0.15) is 17.5 Å². The number of halogens is 2. The summed E-state index contributed by atoms with van der Waals surface area (Å²) in [6, 6.07) is 11.4. The van der Waals surface area contributed by atoms with Crippen LogP contribution < -0.4 is 10.6 Å². The van der Waals surface area contributed by atoms with Gasteiger partial charge in [0.1, 0.15) is 0 Å². The Hall–Kier alpha value is -1.71. The van der Waals surface area contributed by atoms with Gasteiger partial charge in [0.15, 0.2) is 0 Å². The molecule has 0 aliphatic heterocycles. The van der Waals surface area contributed by atoms with Crippen LogP contribution in [0.25, 0.3) is 0 Å². The van der Waals surface area contributed by atoms with Gasteiger partial charge in [-0.05, 0) is 49.2 Å². The molecule has 2 N–H and O–H groups in total. The normalized spacial score (nSPS) is 10.4. The first-order valence-corrected chi connectivity index (χ1v) is 7.77. The van der Waals surface area contributed by atoms with E-state index in [9.17, 15) is 4.79 Å². The third kappa shape index (κ3) is 4.65. The monoisotopic (exact) mass is 336 g/mol. The number of hydrogen-bond donors (Lipinski definition) is 2. The second-order valence-corrected chi connectivity index (χ2v) is 5.99. The van der Waals surface area contributed by atoms with Crippen molar-refractivity contribution >= 4 is 40.5 Å². The summed E-state index contributed by atoms with van der Waals surface area (Å²) in [5.74, 6) is -0.110. The van der Waals surface area contributed by atoms with E-state index >= 15 is 0 Å². The highest BCUT2D eigenvalue weighted by molar-refractivity contribution is 6.43. The van der Waals surface area contributed by atoms with E-state index < -0.39 is 0 Å². The second-order valence-electron chi connectivity index (χ2n) is 5.20. The minimum Gasteiger partial charge on any atom is -0.385 e. The minimum atomic E-state index is -0.110. The smallest absolute Gasteiger partial charge is 0.226 e. The topological polar surface area (TPSA) is 41.1 Å². The molecule has 3 nitrogen and oxygen atoms in total. The maximum absolute atomic E-state index is 11.9. The van der Waals surface area contributed by atoms with E-state index in [4.69, 9.17) is 23.2 Å². The van der Waals surface area contributed by atoms with Crippen molar-refractivity contribution in [3.05, 3.63) is 57.6 Å². The van der Waals surface area contributed by atoms with Crippen LogP contribution in [0.15, 0.2) is 36.4 Å². The minimum absolute atomic E-state index is 0.110. The maximum Gasteiger partial charge on any atom is 0.226 e. The van der Waals surface area contributed by atoms with Gasteiger partial charge in [-0.1, -0.05) is 35.3 Å². The van der Waals surface area contributed by atoms with Crippen LogP contribution in [0.4, 0.5) is 11.4 Å². The fraction of sp³-hybridized carbons (Fsp3) is 0.235. The number of carbonyl (C=O) groups excluding carboxylic acids is 1.